The van der Waals surface area contributed by atoms with Crippen LogP contribution in [0.3, 0.4) is 0 Å². The molecule has 2 rings (SSSR count). The maximum absolute atomic E-state index is 13.8. The summed E-state index contributed by atoms with van der Waals surface area (Å²) in [6.07, 6.45) is 0.645. The summed E-state index contributed by atoms with van der Waals surface area (Å²) in [5, 5.41) is 16.7. The minimum absolute atomic E-state index is 0.0563. The van der Waals surface area contributed by atoms with Gasteiger partial charge >= 0.3 is 5.97 Å². The number of carbonyl (C=O) groups is 1. The Balaban J connectivity index is 2.62. The Morgan fingerprint density at radius 1 is 1.44 bits per heavy atom. The molecule has 18 heavy (non-hydrogen) atoms. The third-order valence-corrected chi connectivity index (χ3v) is 2.75. The molecule has 1 aromatic carbocycles. The van der Waals surface area contributed by atoms with Crippen molar-refractivity contribution in [3.63, 3.8) is 0 Å². The second-order valence-corrected chi connectivity index (χ2v) is 3.87. The molecule has 5 nitrogen and oxygen atoms in total. The molecule has 2 N–H and O–H groups in total. The molecule has 0 spiro atoms. The molecule has 0 aliphatic heterocycles. The van der Waals surface area contributed by atoms with Gasteiger partial charge in [0, 0.05) is 6.42 Å². The highest BCUT2D eigenvalue weighted by atomic mass is 19.1. The lowest BCUT2D eigenvalue weighted by Gasteiger charge is -2.07. The zero-order chi connectivity index (χ0) is 13.3. The molecule has 0 saturated heterocycles. The molecule has 0 radical (unpaired) electrons. The van der Waals surface area contributed by atoms with Gasteiger partial charge in [-0.25, -0.2) is 9.18 Å². The number of nitrogens with one attached hydrogen (secondary N) is 1. The van der Waals surface area contributed by atoms with E-state index in [9.17, 15) is 9.18 Å². The number of H-pyrrole nitrogens is 1. The number of halogens is 1. The van der Waals surface area contributed by atoms with Gasteiger partial charge in [0.25, 0.3) is 0 Å². The van der Waals surface area contributed by atoms with Crippen molar-refractivity contribution in [1.82, 2.24) is 15.2 Å². The molecule has 2 aromatic rings. The van der Waals surface area contributed by atoms with Crippen molar-refractivity contribution in [3.8, 4) is 11.4 Å². The lowest BCUT2D eigenvalue weighted by Crippen LogP contribution is -2.03. The summed E-state index contributed by atoms with van der Waals surface area (Å²) in [6, 6.07) is 2.37. The van der Waals surface area contributed by atoms with Crippen LogP contribution < -0.4 is 0 Å². The number of aromatic nitrogens is 3. The average Bonchev–Trinajstić information content (AvgIpc) is 2.77. The van der Waals surface area contributed by atoms with E-state index >= 15 is 0 Å². The molecule has 0 aliphatic rings. The molecule has 1 heterocycles. The highest BCUT2D eigenvalue weighted by molar-refractivity contribution is 5.91. The number of hydrogen-bond donors (Lipinski definition) is 2. The largest absolute Gasteiger partial charge is 0.478 e. The number of rotatable bonds is 3. The van der Waals surface area contributed by atoms with E-state index < -0.39 is 11.8 Å². The molecule has 0 atom stereocenters. The molecule has 0 aliphatic carbocycles. The number of benzene rings is 1. The Kier molecular flexibility index (Phi) is 3.10. The SMILES string of the molecule is CCc1nnc(-c2c(F)ccc(C(=O)O)c2C)[nH]1. The van der Waals surface area contributed by atoms with Crippen molar-refractivity contribution >= 4 is 5.97 Å². The van der Waals surface area contributed by atoms with E-state index in [-0.39, 0.29) is 17.0 Å². The van der Waals surface area contributed by atoms with Crippen molar-refractivity contribution in [2.24, 2.45) is 0 Å². The van der Waals surface area contributed by atoms with Gasteiger partial charge in [0.05, 0.1) is 11.1 Å². The molecule has 0 unspecified atom stereocenters. The molecule has 6 heteroatoms. The summed E-state index contributed by atoms with van der Waals surface area (Å²) in [7, 11) is 0. The van der Waals surface area contributed by atoms with Crippen LogP contribution in [0.25, 0.3) is 11.4 Å². The van der Waals surface area contributed by atoms with E-state index in [2.05, 4.69) is 15.2 Å². The van der Waals surface area contributed by atoms with Gasteiger partial charge in [-0.1, -0.05) is 6.92 Å². The molecule has 0 bridgehead atoms. The van der Waals surface area contributed by atoms with Crippen molar-refractivity contribution < 1.29 is 14.3 Å². The Morgan fingerprint density at radius 3 is 2.72 bits per heavy atom. The maximum atomic E-state index is 13.8. The second-order valence-electron chi connectivity index (χ2n) is 3.87. The van der Waals surface area contributed by atoms with E-state index in [0.717, 1.165) is 6.07 Å². The lowest BCUT2D eigenvalue weighted by atomic mass is 10.0. The molecular formula is C12H12FN3O2. The Hall–Kier alpha value is -2.24. The van der Waals surface area contributed by atoms with Crippen LogP contribution >= 0.6 is 0 Å². The maximum Gasteiger partial charge on any atom is 0.335 e. The zero-order valence-corrected chi connectivity index (χ0v) is 9.99. The normalized spacial score (nSPS) is 10.6. The van der Waals surface area contributed by atoms with E-state index in [1.165, 1.54) is 6.07 Å². The quantitative estimate of drug-likeness (QED) is 0.873. The predicted molar refractivity (Wildman–Crippen MR) is 62.9 cm³/mol. The first kappa shape index (κ1) is 12.2. The number of hydrogen-bond acceptors (Lipinski definition) is 3. The number of aryl methyl sites for hydroxylation is 1. The van der Waals surface area contributed by atoms with Gasteiger partial charge < -0.3 is 10.1 Å². The Labute approximate surface area is 103 Å². The van der Waals surface area contributed by atoms with Crippen LogP contribution in [0.15, 0.2) is 12.1 Å². The number of aromatic carboxylic acids is 1. The fourth-order valence-corrected chi connectivity index (χ4v) is 1.77. The number of nitrogens with zero attached hydrogens (tertiary/aromatic N) is 2. The van der Waals surface area contributed by atoms with Crippen LogP contribution in [0, 0.1) is 12.7 Å². The molecule has 0 saturated carbocycles. The van der Waals surface area contributed by atoms with Gasteiger partial charge in [0.1, 0.15) is 11.6 Å². The average molecular weight is 249 g/mol. The van der Waals surface area contributed by atoms with Crippen LogP contribution in [0.2, 0.25) is 0 Å². The monoisotopic (exact) mass is 249 g/mol. The van der Waals surface area contributed by atoms with Crippen LogP contribution in [0.5, 0.6) is 0 Å². The van der Waals surface area contributed by atoms with E-state index in [4.69, 9.17) is 5.11 Å². The molecule has 94 valence electrons. The molecule has 0 amide bonds. The van der Waals surface area contributed by atoms with Crippen molar-refractivity contribution in [3.05, 3.63) is 34.9 Å². The van der Waals surface area contributed by atoms with Gasteiger partial charge in [-0.2, -0.15) is 0 Å². The van der Waals surface area contributed by atoms with Crippen molar-refractivity contribution in [2.45, 2.75) is 20.3 Å². The minimum Gasteiger partial charge on any atom is -0.478 e. The first-order valence-electron chi connectivity index (χ1n) is 5.49. The van der Waals surface area contributed by atoms with E-state index in [0.29, 0.717) is 17.8 Å². The van der Waals surface area contributed by atoms with Gasteiger partial charge in [-0.15, -0.1) is 10.2 Å². The summed E-state index contributed by atoms with van der Waals surface area (Å²) < 4.78 is 13.8. The summed E-state index contributed by atoms with van der Waals surface area (Å²) in [5.74, 6) is -0.727. The minimum atomic E-state index is -1.09. The molecular weight excluding hydrogens is 237 g/mol. The Morgan fingerprint density at radius 2 is 2.17 bits per heavy atom. The van der Waals surface area contributed by atoms with Gasteiger partial charge in [0.2, 0.25) is 0 Å². The van der Waals surface area contributed by atoms with Crippen LogP contribution in [0.4, 0.5) is 4.39 Å². The van der Waals surface area contributed by atoms with Gasteiger partial charge in [0.15, 0.2) is 5.82 Å². The molecule has 0 fully saturated rings. The van der Waals surface area contributed by atoms with E-state index in [1.807, 2.05) is 6.92 Å². The van der Waals surface area contributed by atoms with E-state index in [1.54, 1.807) is 6.92 Å². The summed E-state index contributed by atoms with van der Waals surface area (Å²) in [5.41, 5.74) is 0.546. The highest BCUT2D eigenvalue weighted by Crippen LogP contribution is 2.26. The number of carboxylic acid groups (broad SMARTS) is 1. The fourth-order valence-electron chi connectivity index (χ4n) is 1.77. The first-order chi connectivity index (χ1) is 8.54. The van der Waals surface area contributed by atoms with Crippen LogP contribution in [-0.2, 0) is 6.42 Å². The van der Waals surface area contributed by atoms with Crippen LogP contribution in [0.1, 0.15) is 28.7 Å². The Bertz CT molecular complexity index is 607. The predicted octanol–water partition coefficient (Wildman–Crippen LogP) is 2.18. The summed E-state index contributed by atoms with van der Waals surface area (Å²) in [4.78, 5) is 13.9. The topological polar surface area (TPSA) is 78.9 Å². The highest BCUT2D eigenvalue weighted by Gasteiger charge is 2.18. The third-order valence-electron chi connectivity index (χ3n) is 2.75. The smallest absolute Gasteiger partial charge is 0.335 e. The fraction of sp³-hybridized carbons (Fsp3) is 0.250. The molecule has 1 aromatic heterocycles. The first-order valence-corrected chi connectivity index (χ1v) is 5.49. The zero-order valence-electron chi connectivity index (χ0n) is 9.99. The summed E-state index contributed by atoms with van der Waals surface area (Å²) >= 11 is 0. The van der Waals surface area contributed by atoms with Gasteiger partial charge in [-0.05, 0) is 24.6 Å². The second kappa shape index (κ2) is 4.56. The van der Waals surface area contributed by atoms with Crippen molar-refractivity contribution in [1.29, 1.82) is 0 Å². The third kappa shape index (κ3) is 1.97. The van der Waals surface area contributed by atoms with Crippen LogP contribution in [-0.4, -0.2) is 26.3 Å². The number of aromatic amines is 1. The summed E-state index contributed by atoms with van der Waals surface area (Å²) in [6.45, 7) is 3.44. The number of carboxylic acids is 1. The standard InChI is InChI=1S/C12H12FN3O2/c1-3-9-14-11(16-15-9)10-6(2)7(12(17)18)4-5-8(10)13/h4-5H,3H2,1-2H3,(H,17,18)(H,14,15,16). The van der Waals surface area contributed by atoms with Gasteiger partial charge in [-0.3, -0.25) is 0 Å². The van der Waals surface area contributed by atoms with Crippen molar-refractivity contribution in [2.75, 3.05) is 0 Å². The lowest BCUT2D eigenvalue weighted by molar-refractivity contribution is 0.0696.